The van der Waals surface area contributed by atoms with Gasteiger partial charge in [0.2, 0.25) is 0 Å². The van der Waals surface area contributed by atoms with Crippen molar-refractivity contribution in [1.29, 1.82) is 0 Å². The maximum Gasteiger partial charge on any atom is 0.441 e. The third-order valence-electron chi connectivity index (χ3n) is 5.19. The highest BCUT2D eigenvalue weighted by molar-refractivity contribution is 7.16. The summed E-state index contributed by atoms with van der Waals surface area (Å²) in [5.41, 5.74) is -3.35. The lowest BCUT2D eigenvalue weighted by Crippen LogP contribution is -2.69. The summed E-state index contributed by atoms with van der Waals surface area (Å²) in [5, 5.41) is 3.86. The fourth-order valence-electron chi connectivity index (χ4n) is 3.53. The number of benzene rings is 1. The lowest BCUT2D eigenvalue weighted by atomic mass is 9.95. The average Bonchev–Trinajstić information content (AvgIpc) is 3.14. The monoisotopic (exact) mass is 504 g/mol. The second-order valence-electron chi connectivity index (χ2n) is 7.23. The van der Waals surface area contributed by atoms with Crippen molar-refractivity contribution < 1.29 is 37.0 Å². The molecule has 1 aromatic carbocycles. The number of thiophene rings is 1. The van der Waals surface area contributed by atoms with Gasteiger partial charge >= 0.3 is 23.8 Å². The second-order valence-corrected chi connectivity index (χ2v) is 8.77. The zero-order valence-electron chi connectivity index (χ0n) is 17.6. The van der Waals surface area contributed by atoms with Crippen LogP contribution in [0.2, 0.25) is 5.02 Å². The molecule has 178 valence electrons. The first-order valence-corrected chi connectivity index (χ1v) is 11.0. The molecular weight excluding hydrogens is 485 g/mol. The van der Waals surface area contributed by atoms with Gasteiger partial charge in [-0.1, -0.05) is 11.6 Å². The number of hydrogen-bond acceptors (Lipinski definition) is 7. The third-order valence-corrected chi connectivity index (χ3v) is 6.65. The molecule has 0 radical (unpaired) electrons. The molecule has 33 heavy (non-hydrogen) atoms. The Hall–Kier alpha value is -2.79. The largest absolute Gasteiger partial charge is 0.466 e. The number of fused-ring (bicyclic) bond motifs is 1. The van der Waals surface area contributed by atoms with E-state index in [1.807, 2.05) is 0 Å². The fraction of sp³-hybridized carbons (Fsp3) is 0.381. The van der Waals surface area contributed by atoms with Crippen LogP contribution in [0, 0.1) is 0 Å². The van der Waals surface area contributed by atoms with Gasteiger partial charge in [-0.05, 0) is 55.5 Å². The van der Waals surface area contributed by atoms with Gasteiger partial charge in [0.1, 0.15) is 5.00 Å². The maximum absolute atomic E-state index is 14.4. The van der Waals surface area contributed by atoms with Crippen LogP contribution in [0.4, 0.5) is 18.2 Å². The smallest absolute Gasteiger partial charge is 0.441 e. The first kappa shape index (κ1) is 24.8. The molecule has 1 aromatic heterocycles. The molecule has 0 aliphatic heterocycles. The minimum Gasteiger partial charge on any atom is -0.466 e. The van der Waals surface area contributed by atoms with Crippen molar-refractivity contribution in [1.82, 2.24) is 5.32 Å². The van der Waals surface area contributed by atoms with E-state index in [-0.39, 0.29) is 21.2 Å². The van der Waals surface area contributed by atoms with Crippen molar-refractivity contribution in [2.75, 3.05) is 19.5 Å². The van der Waals surface area contributed by atoms with Crippen molar-refractivity contribution in [2.24, 2.45) is 0 Å². The molecule has 0 unspecified atom stereocenters. The molecule has 7 nitrogen and oxygen atoms in total. The van der Waals surface area contributed by atoms with E-state index in [2.05, 4.69) is 10.1 Å². The third kappa shape index (κ3) is 4.79. The van der Waals surface area contributed by atoms with Crippen LogP contribution >= 0.6 is 22.9 Å². The van der Waals surface area contributed by atoms with E-state index in [9.17, 15) is 27.6 Å². The quantitative estimate of drug-likeness (QED) is 0.449. The summed E-state index contributed by atoms with van der Waals surface area (Å²) in [6, 6.07) is 5.06. The minimum absolute atomic E-state index is 0.0875. The number of ether oxygens (including phenoxy) is 2. The minimum atomic E-state index is -5.35. The lowest BCUT2D eigenvalue weighted by Gasteiger charge is -2.34. The summed E-state index contributed by atoms with van der Waals surface area (Å²) < 4.78 is 52.5. The number of carbonyl (C=O) groups is 3. The van der Waals surface area contributed by atoms with E-state index in [0.29, 0.717) is 23.3 Å². The molecule has 0 saturated carbocycles. The first-order valence-electron chi connectivity index (χ1n) is 9.78. The number of rotatable bonds is 6. The van der Waals surface area contributed by atoms with E-state index in [1.165, 1.54) is 24.3 Å². The number of hydrogen-bond donors (Lipinski definition) is 2. The summed E-state index contributed by atoms with van der Waals surface area (Å²) >= 11 is 6.69. The Balaban J connectivity index is 2.12. The van der Waals surface area contributed by atoms with Gasteiger partial charge in [-0.2, -0.15) is 13.2 Å². The molecule has 1 aliphatic carbocycles. The lowest BCUT2D eigenvalue weighted by molar-refractivity contribution is -0.203. The van der Waals surface area contributed by atoms with E-state index >= 15 is 0 Å². The predicted molar refractivity (Wildman–Crippen MR) is 116 cm³/mol. The van der Waals surface area contributed by atoms with Crippen LogP contribution in [0.15, 0.2) is 24.3 Å². The van der Waals surface area contributed by atoms with Gasteiger partial charge in [-0.15, -0.1) is 11.3 Å². The zero-order valence-corrected chi connectivity index (χ0v) is 19.2. The van der Waals surface area contributed by atoms with E-state index in [0.717, 1.165) is 38.4 Å². The number of aryl methyl sites for hydroxylation is 1. The van der Waals surface area contributed by atoms with Gasteiger partial charge in [0.25, 0.3) is 5.91 Å². The number of esters is 2. The van der Waals surface area contributed by atoms with Crippen LogP contribution in [0.1, 0.15) is 44.0 Å². The van der Waals surface area contributed by atoms with Crippen LogP contribution in [0.5, 0.6) is 0 Å². The van der Waals surface area contributed by atoms with Crippen molar-refractivity contribution in [3.63, 3.8) is 0 Å². The van der Waals surface area contributed by atoms with Crippen LogP contribution in [0.3, 0.4) is 0 Å². The molecule has 0 saturated heterocycles. The van der Waals surface area contributed by atoms with Gasteiger partial charge in [-0.3, -0.25) is 4.79 Å². The first-order chi connectivity index (χ1) is 15.5. The fourth-order valence-corrected chi connectivity index (χ4v) is 4.99. The summed E-state index contributed by atoms with van der Waals surface area (Å²) in [7, 11) is 1.87. The van der Waals surface area contributed by atoms with Crippen molar-refractivity contribution in [2.45, 2.75) is 37.5 Å². The molecular formula is C21H20ClF3N2O5S. The van der Waals surface area contributed by atoms with Crippen LogP contribution in [-0.2, 0) is 27.1 Å². The van der Waals surface area contributed by atoms with E-state index < -0.39 is 29.7 Å². The molecule has 0 spiro atoms. The maximum atomic E-state index is 14.4. The number of anilines is 1. The Kier molecular flexibility index (Phi) is 7.23. The van der Waals surface area contributed by atoms with Gasteiger partial charge in [0.15, 0.2) is 0 Å². The topological polar surface area (TPSA) is 93.7 Å². The molecule has 1 aliphatic rings. The molecule has 12 heteroatoms. The van der Waals surface area contributed by atoms with Gasteiger partial charge in [-0.25, -0.2) is 9.59 Å². The van der Waals surface area contributed by atoms with E-state index in [4.69, 9.17) is 16.3 Å². The Morgan fingerprint density at radius 1 is 1.03 bits per heavy atom. The molecule has 2 aromatic rings. The normalized spacial score (nSPS) is 15.1. The molecule has 1 atom stereocenters. The van der Waals surface area contributed by atoms with Crippen molar-refractivity contribution >= 4 is 45.8 Å². The summed E-state index contributed by atoms with van der Waals surface area (Å²) in [6.07, 6.45) is -2.74. The summed E-state index contributed by atoms with van der Waals surface area (Å²) in [6.45, 7) is 0. The zero-order chi connectivity index (χ0) is 24.4. The molecule has 0 bridgehead atoms. The predicted octanol–water partition coefficient (Wildman–Crippen LogP) is 4.34. The summed E-state index contributed by atoms with van der Waals surface area (Å²) in [5.74, 6) is -3.86. The SMILES string of the molecule is COC(=O)c1c(N[C@@](NC(=O)c2ccc(Cl)cc2)(C(=O)OC)C(F)(F)F)sc2c1CCCC2. The Morgan fingerprint density at radius 2 is 1.67 bits per heavy atom. The van der Waals surface area contributed by atoms with Crippen LogP contribution < -0.4 is 10.6 Å². The van der Waals surface area contributed by atoms with Gasteiger partial charge in [0.05, 0.1) is 19.8 Å². The molecule has 1 heterocycles. The Labute approximate surface area is 196 Å². The second kappa shape index (κ2) is 9.60. The number of methoxy groups -OCH3 is 2. The molecule has 1 amide bonds. The average molecular weight is 505 g/mol. The van der Waals surface area contributed by atoms with Crippen LogP contribution in [-0.4, -0.2) is 43.9 Å². The number of amides is 1. The number of nitrogens with one attached hydrogen (secondary N) is 2. The highest BCUT2D eigenvalue weighted by Gasteiger charge is 2.64. The summed E-state index contributed by atoms with van der Waals surface area (Å²) in [4.78, 5) is 38.4. The van der Waals surface area contributed by atoms with Gasteiger partial charge < -0.3 is 20.1 Å². The van der Waals surface area contributed by atoms with Crippen LogP contribution in [0.25, 0.3) is 0 Å². The van der Waals surface area contributed by atoms with Gasteiger partial charge in [0, 0.05) is 15.5 Å². The Morgan fingerprint density at radius 3 is 2.24 bits per heavy atom. The molecule has 2 N–H and O–H groups in total. The Bertz CT molecular complexity index is 1070. The number of halogens is 4. The van der Waals surface area contributed by atoms with Crippen molar-refractivity contribution in [3.05, 3.63) is 50.9 Å². The molecule has 3 rings (SSSR count). The standard InChI is InChI=1S/C21H20ClF3N2O5S/c1-31-18(29)15-13-5-3-4-6-14(13)33-17(15)27-20(19(30)32-2,21(23,24)25)26-16(28)11-7-9-12(22)10-8-11/h7-10,27H,3-6H2,1-2H3,(H,26,28)/t20-/m0/s1. The number of carbonyl (C=O) groups excluding carboxylic acids is 3. The number of alkyl halides is 3. The highest BCUT2D eigenvalue weighted by Crippen LogP contribution is 2.42. The molecule has 0 fully saturated rings. The van der Waals surface area contributed by atoms with E-state index in [1.54, 1.807) is 5.32 Å². The highest BCUT2D eigenvalue weighted by atomic mass is 35.5. The van der Waals surface area contributed by atoms with Crippen molar-refractivity contribution in [3.8, 4) is 0 Å².